The first-order chi connectivity index (χ1) is 11.9. The zero-order valence-electron chi connectivity index (χ0n) is 14.6. The lowest BCUT2D eigenvalue weighted by Gasteiger charge is -2.24. The van der Waals surface area contributed by atoms with Gasteiger partial charge >= 0.3 is 0 Å². The number of hydrogen-bond acceptors (Lipinski definition) is 2. The average molecular weight is 407 g/mol. The number of halogens is 3. The van der Waals surface area contributed by atoms with Gasteiger partial charge in [0.05, 0.1) is 6.67 Å². The van der Waals surface area contributed by atoms with Crippen LogP contribution < -0.4 is 4.90 Å². The SMILES string of the molecule is CCC1=C(Cc2ccc(F)c(F)c2)N(C)CN1c1ccc(Br)cc1C. The minimum Gasteiger partial charge on any atom is -0.358 e. The molecule has 0 bridgehead atoms. The molecule has 2 aromatic rings. The summed E-state index contributed by atoms with van der Waals surface area (Å²) in [6, 6.07) is 10.4. The fourth-order valence-electron chi connectivity index (χ4n) is 3.38. The van der Waals surface area contributed by atoms with E-state index in [2.05, 4.69) is 51.7 Å². The molecule has 0 atom stereocenters. The number of anilines is 1. The van der Waals surface area contributed by atoms with Crippen molar-refractivity contribution < 1.29 is 8.78 Å². The maximum atomic E-state index is 13.5. The maximum absolute atomic E-state index is 13.5. The maximum Gasteiger partial charge on any atom is 0.159 e. The summed E-state index contributed by atoms with van der Waals surface area (Å²) in [5, 5.41) is 0. The molecular formula is C20H21BrF2N2. The highest BCUT2D eigenvalue weighted by Gasteiger charge is 2.27. The van der Waals surface area contributed by atoms with Crippen LogP contribution in [-0.2, 0) is 6.42 Å². The second-order valence-electron chi connectivity index (χ2n) is 6.37. The van der Waals surface area contributed by atoms with Gasteiger partial charge < -0.3 is 9.80 Å². The van der Waals surface area contributed by atoms with Crippen LogP contribution >= 0.6 is 15.9 Å². The third-order valence-electron chi connectivity index (χ3n) is 4.61. The van der Waals surface area contributed by atoms with Gasteiger partial charge in [-0.15, -0.1) is 0 Å². The number of rotatable bonds is 4. The summed E-state index contributed by atoms with van der Waals surface area (Å²) in [4.78, 5) is 4.48. The van der Waals surface area contributed by atoms with E-state index in [0.717, 1.165) is 28.8 Å². The van der Waals surface area contributed by atoms with Gasteiger partial charge in [0.25, 0.3) is 0 Å². The van der Waals surface area contributed by atoms with Gasteiger partial charge in [-0.1, -0.05) is 28.9 Å². The summed E-state index contributed by atoms with van der Waals surface area (Å²) < 4.78 is 27.8. The highest BCUT2D eigenvalue weighted by molar-refractivity contribution is 9.10. The zero-order chi connectivity index (χ0) is 18.1. The molecule has 0 N–H and O–H groups in total. The number of aryl methyl sites for hydroxylation is 1. The Balaban J connectivity index is 1.96. The van der Waals surface area contributed by atoms with Crippen molar-refractivity contribution in [2.45, 2.75) is 26.7 Å². The Morgan fingerprint density at radius 2 is 1.80 bits per heavy atom. The number of benzene rings is 2. The van der Waals surface area contributed by atoms with Gasteiger partial charge in [-0.2, -0.15) is 0 Å². The lowest BCUT2D eigenvalue weighted by Crippen LogP contribution is -2.25. The van der Waals surface area contributed by atoms with Gasteiger partial charge in [-0.25, -0.2) is 8.78 Å². The van der Waals surface area contributed by atoms with Crippen LogP contribution in [0.15, 0.2) is 52.3 Å². The molecule has 0 aliphatic carbocycles. The van der Waals surface area contributed by atoms with Gasteiger partial charge in [0.15, 0.2) is 11.6 Å². The molecule has 1 heterocycles. The minimum absolute atomic E-state index is 0.586. The Bertz CT molecular complexity index is 832. The quantitative estimate of drug-likeness (QED) is 0.650. The van der Waals surface area contributed by atoms with E-state index < -0.39 is 11.6 Å². The third-order valence-corrected chi connectivity index (χ3v) is 5.11. The molecule has 0 saturated carbocycles. The lowest BCUT2D eigenvalue weighted by atomic mass is 10.1. The first-order valence-electron chi connectivity index (χ1n) is 8.31. The normalized spacial score (nSPS) is 14.6. The van der Waals surface area contributed by atoms with Gasteiger partial charge in [0.2, 0.25) is 0 Å². The molecule has 0 unspecified atom stereocenters. The molecule has 0 spiro atoms. The van der Waals surface area contributed by atoms with Crippen LogP contribution in [0.2, 0.25) is 0 Å². The first-order valence-corrected chi connectivity index (χ1v) is 9.10. The summed E-state index contributed by atoms with van der Waals surface area (Å²) in [7, 11) is 2.04. The predicted molar refractivity (Wildman–Crippen MR) is 101 cm³/mol. The topological polar surface area (TPSA) is 6.48 Å². The van der Waals surface area contributed by atoms with Crippen molar-refractivity contribution in [3.05, 3.63) is 75.0 Å². The molecule has 1 aliphatic rings. The molecule has 0 aromatic heterocycles. The molecule has 3 rings (SSSR count). The van der Waals surface area contributed by atoms with Crippen molar-refractivity contribution in [2.75, 3.05) is 18.6 Å². The van der Waals surface area contributed by atoms with Crippen LogP contribution in [0.25, 0.3) is 0 Å². The second-order valence-corrected chi connectivity index (χ2v) is 7.29. The third kappa shape index (κ3) is 3.56. The van der Waals surface area contributed by atoms with E-state index in [4.69, 9.17) is 0 Å². The number of likely N-dealkylation sites (N-methyl/N-ethyl adjacent to an activating group) is 1. The van der Waals surface area contributed by atoms with Crippen molar-refractivity contribution >= 4 is 21.6 Å². The molecular weight excluding hydrogens is 386 g/mol. The van der Waals surface area contributed by atoms with Crippen LogP contribution in [-0.4, -0.2) is 18.6 Å². The van der Waals surface area contributed by atoms with Crippen LogP contribution in [0.5, 0.6) is 0 Å². The summed E-state index contributed by atoms with van der Waals surface area (Å²) in [5.41, 5.74) is 5.52. The smallest absolute Gasteiger partial charge is 0.159 e. The average Bonchev–Trinajstić information content (AvgIpc) is 2.86. The van der Waals surface area contributed by atoms with Gasteiger partial charge in [-0.05, 0) is 54.8 Å². The highest BCUT2D eigenvalue weighted by atomic mass is 79.9. The molecule has 0 amide bonds. The Kier molecular flexibility index (Phi) is 5.13. The van der Waals surface area contributed by atoms with Crippen LogP contribution in [0.3, 0.4) is 0 Å². The fourth-order valence-corrected chi connectivity index (χ4v) is 3.85. The first kappa shape index (κ1) is 17.9. The molecule has 0 radical (unpaired) electrons. The largest absolute Gasteiger partial charge is 0.358 e. The van der Waals surface area contributed by atoms with E-state index in [1.165, 1.54) is 29.1 Å². The van der Waals surface area contributed by atoms with Gasteiger partial charge in [0, 0.05) is 35.0 Å². The van der Waals surface area contributed by atoms with E-state index in [-0.39, 0.29) is 0 Å². The minimum atomic E-state index is -0.805. The van der Waals surface area contributed by atoms with Crippen LogP contribution in [0.1, 0.15) is 24.5 Å². The second kappa shape index (κ2) is 7.16. The number of hydrogen-bond donors (Lipinski definition) is 0. The summed E-state index contributed by atoms with van der Waals surface area (Å²) in [6.45, 7) is 4.98. The van der Waals surface area contributed by atoms with Crippen molar-refractivity contribution in [1.82, 2.24) is 4.90 Å². The van der Waals surface area contributed by atoms with Crippen molar-refractivity contribution in [1.29, 1.82) is 0 Å². The summed E-state index contributed by atoms with van der Waals surface area (Å²) in [5.74, 6) is -1.60. The molecule has 0 fully saturated rings. The Morgan fingerprint density at radius 3 is 2.44 bits per heavy atom. The molecule has 132 valence electrons. The van der Waals surface area contributed by atoms with E-state index in [0.29, 0.717) is 6.42 Å². The molecule has 25 heavy (non-hydrogen) atoms. The monoisotopic (exact) mass is 406 g/mol. The molecule has 2 nitrogen and oxygen atoms in total. The molecule has 5 heteroatoms. The van der Waals surface area contributed by atoms with E-state index >= 15 is 0 Å². The number of nitrogens with zero attached hydrogens (tertiary/aromatic N) is 2. The summed E-state index contributed by atoms with van der Waals surface area (Å²) >= 11 is 3.51. The van der Waals surface area contributed by atoms with Gasteiger partial charge in [-0.3, -0.25) is 0 Å². The Morgan fingerprint density at radius 1 is 1.04 bits per heavy atom. The van der Waals surface area contributed by atoms with Gasteiger partial charge in [0.1, 0.15) is 0 Å². The fraction of sp³-hybridized carbons (Fsp3) is 0.300. The number of allylic oxidation sites excluding steroid dienone is 2. The highest BCUT2D eigenvalue weighted by Crippen LogP contribution is 2.35. The van der Waals surface area contributed by atoms with Crippen molar-refractivity contribution in [2.24, 2.45) is 0 Å². The van der Waals surface area contributed by atoms with Crippen LogP contribution in [0, 0.1) is 18.6 Å². The molecule has 0 saturated heterocycles. The van der Waals surface area contributed by atoms with Crippen molar-refractivity contribution in [3.63, 3.8) is 0 Å². The predicted octanol–water partition coefficient (Wildman–Crippen LogP) is 5.61. The van der Waals surface area contributed by atoms with E-state index in [9.17, 15) is 8.78 Å². The van der Waals surface area contributed by atoms with E-state index in [1.54, 1.807) is 6.07 Å². The van der Waals surface area contributed by atoms with E-state index in [1.807, 2.05) is 13.1 Å². The lowest BCUT2D eigenvalue weighted by molar-refractivity contribution is 0.448. The van der Waals surface area contributed by atoms with Crippen LogP contribution in [0.4, 0.5) is 14.5 Å². The van der Waals surface area contributed by atoms with Crippen molar-refractivity contribution in [3.8, 4) is 0 Å². The Labute approximate surface area is 155 Å². The Hall–Kier alpha value is -1.88. The molecule has 1 aliphatic heterocycles. The standard InChI is InChI=1S/C20H21BrF2N2/c1-4-18-20(11-14-5-7-16(22)17(23)10-14)24(3)12-25(18)19-8-6-15(21)9-13(19)2/h5-10H,4,11-12H2,1-3H3. The molecule has 2 aromatic carbocycles. The summed E-state index contributed by atoms with van der Waals surface area (Å²) in [6.07, 6.45) is 1.46. The zero-order valence-corrected chi connectivity index (χ0v) is 16.2.